The number of carbonyl (C=O) groups excluding carboxylic acids is 1. The maximum absolute atomic E-state index is 11.9. The van der Waals surface area contributed by atoms with Crippen molar-refractivity contribution in [1.82, 2.24) is 10.6 Å². The van der Waals surface area contributed by atoms with Gasteiger partial charge in [-0.05, 0) is 56.1 Å². The Morgan fingerprint density at radius 1 is 1.45 bits per heavy atom. The maximum atomic E-state index is 11.9. The first-order chi connectivity index (χ1) is 9.72. The van der Waals surface area contributed by atoms with Crippen molar-refractivity contribution in [2.45, 2.75) is 45.2 Å². The summed E-state index contributed by atoms with van der Waals surface area (Å²) in [6.45, 7) is 3.12. The minimum atomic E-state index is 0.0897. The van der Waals surface area contributed by atoms with Gasteiger partial charge in [-0.15, -0.1) is 0 Å². The fourth-order valence-electron chi connectivity index (χ4n) is 4.03. The van der Waals surface area contributed by atoms with E-state index in [1.165, 1.54) is 25.7 Å². The molecule has 110 valence electrons. The van der Waals surface area contributed by atoms with E-state index in [0.717, 1.165) is 17.6 Å². The Kier molecular flexibility index (Phi) is 4.10. The summed E-state index contributed by atoms with van der Waals surface area (Å²) in [6.07, 6.45) is 7.13. The summed E-state index contributed by atoms with van der Waals surface area (Å²) in [5, 5.41) is 6.27. The zero-order chi connectivity index (χ0) is 13.9. The van der Waals surface area contributed by atoms with Gasteiger partial charge in [0.1, 0.15) is 5.76 Å². The van der Waals surface area contributed by atoms with Crippen molar-refractivity contribution in [3.63, 3.8) is 0 Å². The van der Waals surface area contributed by atoms with Gasteiger partial charge < -0.3 is 15.1 Å². The lowest BCUT2D eigenvalue weighted by molar-refractivity contribution is -0.121. The van der Waals surface area contributed by atoms with Crippen LogP contribution in [-0.4, -0.2) is 18.5 Å². The van der Waals surface area contributed by atoms with Gasteiger partial charge in [0, 0.05) is 6.04 Å². The SMILES string of the molecule is CC(NC(=O)CNCc1ccco1)C1CC2CCC1C2. The first-order valence-electron chi connectivity index (χ1n) is 7.75. The number of furan rings is 1. The van der Waals surface area contributed by atoms with Crippen molar-refractivity contribution in [3.8, 4) is 0 Å². The highest BCUT2D eigenvalue weighted by Crippen LogP contribution is 2.49. The second-order valence-corrected chi connectivity index (χ2v) is 6.38. The van der Waals surface area contributed by atoms with Crippen molar-refractivity contribution < 1.29 is 9.21 Å². The second kappa shape index (κ2) is 6.00. The standard InChI is InChI=1S/C16H24N2O2/c1-11(15-8-12-4-5-13(15)7-12)18-16(19)10-17-9-14-3-2-6-20-14/h2-3,6,11-13,15,17H,4-5,7-10H2,1H3,(H,18,19). The average molecular weight is 276 g/mol. The van der Waals surface area contributed by atoms with E-state index in [1.54, 1.807) is 6.26 Å². The maximum Gasteiger partial charge on any atom is 0.234 e. The number of nitrogens with one attached hydrogen (secondary N) is 2. The van der Waals surface area contributed by atoms with E-state index >= 15 is 0 Å². The van der Waals surface area contributed by atoms with E-state index in [4.69, 9.17) is 4.42 Å². The quantitative estimate of drug-likeness (QED) is 0.838. The third kappa shape index (κ3) is 3.06. The lowest BCUT2D eigenvalue weighted by Crippen LogP contribution is -2.43. The fraction of sp³-hybridized carbons (Fsp3) is 0.688. The number of fused-ring (bicyclic) bond motifs is 2. The highest BCUT2D eigenvalue weighted by Gasteiger charge is 2.41. The van der Waals surface area contributed by atoms with Crippen molar-refractivity contribution in [2.75, 3.05) is 6.54 Å². The van der Waals surface area contributed by atoms with Crippen LogP contribution in [0.25, 0.3) is 0 Å². The van der Waals surface area contributed by atoms with Gasteiger partial charge in [0.15, 0.2) is 0 Å². The van der Waals surface area contributed by atoms with Crippen LogP contribution in [0.4, 0.5) is 0 Å². The first-order valence-corrected chi connectivity index (χ1v) is 7.75. The highest BCUT2D eigenvalue weighted by molar-refractivity contribution is 5.78. The Hall–Kier alpha value is -1.29. The zero-order valence-electron chi connectivity index (χ0n) is 12.1. The number of hydrogen-bond acceptors (Lipinski definition) is 3. The summed E-state index contributed by atoms with van der Waals surface area (Å²) >= 11 is 0. The molecule has 4 nitrogen and oxygen atoms in total. The molecule has 2 saturated carbocycles. The molecule has 4 heteroatoms. The molecule has 0 saturated heterocycles. The van der Waals surface area contributed by atoms with E-state index in [-0.39, 0.29) is 5.91 Å². The van der Waals surface area contributed by atoms with E-state index in [1.807, 2.05) is 12.1 Å². The third-order valence-corrected chi connectivity index (χ3v) is 4.99. The second-order valence-electron chi connectivity index (χ2n) is 6.38. The molecular weight excluding hydrogens is 252 g/mol. The largest absolute Gasteiger partial charge is 0.468 e. The molecule has 3 rings (SSSR count). The van der Waals surface area contributed by atoms with Gasteiger partial charge in [0.05, 0.1) is 19.4 Å². The summed E-state index contributed by atoms with van der Waals surface area (Å²) in [5.41, 5.74) is 0. The van der Waals surface area contributed by atoms with Gasteiger partial charge in [-0.3, -0.25) is 4.79 Å². The van der Waals surface area contributed by atoms with Crippen LogP contribution in [0.5, 0.6) is 0 Å². The van der Waals surface area contributed by atoms with E-state index in [0.29, 0.717) is 25.0 Å². The Balaban J connectivity index is 1.38. The molecule has 2 aliphatic rings. The molecule has 1 aromatic rings. The molecule has 2 fully saturated rings. The number of hydrogen-bond donors (Lipinski definition) is 2. The van der Waals surface area contributed by atoms with E-state index < -0.39 is 0 Å². The van der Waals surface area contributed by atoms with Crippen molar-refractivity contribution in [1.29, 1.82) is 0 Å². The topological polar surface area (TPSA) is 54.3 Å². The zero-order valence-corrected chi connectivity index (χ0v) is 12.1. The molecule has 0 spiro atoms. The average Bonchev–Trinajstić information content (AvgIpc) is 3.15. The summed E-state index contributed by atoms with van der Waals surface area (Å²) < 4.78 is 5.22. The molecule has 20 heavy (non-hydrogen) atoms. The predicted octanol–water partition coefficient (Wildman–Crippen LogP) is 2.31. The lowest BCUT2D eigenvalue weighted by Gasteiger charge is -2.28. The van der Waals surface area contributed by atoms with Crippen molar-refractivity contribution in [2.24, 2.45) is 17.8 Å². The minimum Gasteiger partial charge on any atom is -0.468 e. The van der Waals surface area contributed by atoms with Gasteiger partial charge in [0.25, 0.3) is 0 Å². The van der Waals surface area contributed by atoms with Crippen LogP contribution in [0.1, 0.15) is 38.4 Å². The fourth-order valence-corrected chi connectivity index (χ4v) is 4.03. The molecule has 0 radical (unpaired) electrons. The molecule has 4 atom stereocenters. The van der Waals surface area contributed by atoms with E-state index in [9.17, 15) is 4.79 Å². The molecule has 2 aliphatic carbocycles. The Morgan fingerprint density at radius 3 is 3.00 bits per heavy atom. The van der Waals surface area contributed by atoms with Crippen molar-refractivity contribution >= 4 is 5.91 Å². The molecule has 1 amide bonds. The van der Waals surface area contributed by atoms with Crippen LogP contribution in [0.15, 0.2) is 22.8 Å². The third-order valence-electron chi connectivity index (χ3n) is 4.99. The Bertz CT molecular complexity index is 443. The van der Waals surface area contributed by atoms with E-state index in [2.05, 4.69) is 17.6 Å². The first kappa shape index (κ1) is 13.7. The van der Waals surface area contributed by atoms with Gasteiger partial charge >= 0.3 is 0 Å². The minimum absolute atomic E-state index is 0.0897. The normalized spacial score (nSPS) is 29.6. The molecule has 1 heterocycles. The Labute approximate surface area is 120 Å². The number of carbonyl (C=O) groups is 1. The molecule has 4 unspecified atom stereocenters. The van der Waals surface area contributed by atoms with Gasteiger partial charge in [-0.1, -0.05) is 6.42 Å². The predicted molar refractivity (Wildman–Crippen MR) is 77.0 cm³/mol. The van der Waals surface area contributed by atoms with Gasteiger partial charge in [-0.2, -0.15) is 0 Å². The van der Waals surface area contributed by atoms with Crippen molar-refractivity contribution in [3.05, 3.63) is 24.2 Å². The van der Waals surface area contributed by atoms with Crippen LogP contribution in [0.3, 0.4) is 0 Å². The molecule has 2 N–H and O–H groups in total. The van der Waals surface area contributed by atoms with Crippen LogP contribution in [0, 0.1) is 17.8 Å². The molecule has 1 aromatic heterocycles. The highest BCUT2D eigenvalue weighted by atomic mass is 16.3. The van der Waals surface area contributed by atoms with Gasteiger partial charge in [0.2, 0.25) is 5.91 Å². The number of amides is 1. The van der Waals surface area contributed by atoms with Crippen LogP contribution in [-0.2, 0) is 11.3 Å². The molecule has 0 aliphatic heterocycles. The molecule has 2 bridgehead atoms. The summed E-state index contributed by atoms with van der Waals surface area (Å²) in [4.78, 5) is 11.9. The summed E-state index contributed by atoms with van der Waals surface area (Å²) in [6, 6.07) is 4.07. The lowest BCUT2D eigenvalue weighted by atomic mass is 9.84. The monoisotopic (exact) mass is 276 g/mol. The van der Waals surface area contributed by atoms with Gasteiger partial charge in [-0.25, -0.2) is 0 Å². The summed E-state index contributed by atoms with van der Waals surface area (Å²) in [5.74, 6) is 3.43. The Morgan fingerprint density at radius 2 is 2.35 bits per heavy atom. The van der Waals surface area contributed by atoms with Crippen LogP contribution >= 0.6 is 0 Å². The van der Waals surface area contributed by atoms with Crippen LogP contribution in [0.2, 0.25) is 0 Å². The summed E-state index contributed by atoms with van der Waals surface area (Å²) in [7, 11) is 0. The molecular formula is C16H24N2O2. The smallest absolute Gasteiger partial charge is 0.234 e. The molecule has 0 aromatic carbocycles. The number of rotatable bonds is 6. The van der Waals surface area contributed by atoms with Crippen LogP contribution < -0.4 is 10.6 Å².